The average Bonchev–Trinajstić information content (AvgIpc) is 3.05. The molecule has 5 nitrogen and oxygen atoms in total. The Labute approximate surface area is 154 Å². The molecule has 128 valence electrons. The van der Waals surface area contributed by atoms with Gasteiger partial charge in [0, 0.05) is 5.56 Å². The predicted octanol–water partition coefficient (Wildman–Crippen LogP) is 4.82. The number of para-hydroxylation sites is 1. The van der Waals surface area contributed by atoms with Crippen LogP contribution < -0.4 is 5.32 Å². The summed E-state index contributed by atoms with van der Waals surface area (Å²) in [5, 5.41) is 11.3. The first-order valence-electron chi connectivity index (χ1n) is 7.66. The Morgan fingerprint density at radius 3 is 2.64 bits per heavy atom. The van der Waals surface area contributed by atoms with Crippen LogP contribution in [0.2, 0.25) is 5.02 Å². The van der Waals surface area contributed by atoms with Gasteiger partial charge >= 0.3 is 0 Å². The average molecular weight is 374 g/mol. The van der Waals surface area contributed by atoms with Gasteiger partial charge in [-0.15, -0.1) is 10.2 Å². The second-order valence-electron chi connectivity index (χ2n) is 5.42. The van der Waals surface area contributed by atoms with Gasteiger partial charge in [-0.2, -0.15) is 0 Å². The summed E-state index contributed by atoms with van der Waals surface area (Å²) < 4.78 is 5.68. The molecule has 0 spiro atoms. The number of hydrogen-bond acceptors (Lipinski definition) is 5. The van der Waals surface area contributed by atoms with Gasteiger partial charge in [0.25, 0.3) is 5.22 Å². The van der Waals surface area contributed by atoms with Crippen LogP contribution >= 0.6 is 23.4 Å². The lowest BCUT2D eigenvalue weighted by molar-refractivity contribution is -0.115. The van der Waals surface area contributed by atoms with Gasteiger partial charge in [0.15, 0.2) is 0 Å². The van der Waals surface area contributed by atoms with E-state index in [1.807, 2.05) is 43.3 Å². The fourth-order valence-corrected chi connectivity index (χ4v) is 3.05. The van der Waals surface area contributed by atoms with Crippen molar-refractivity contribution in [3.05, 3.63) is 59.1 Å². The first-order chi connectivity index (χ1) is 12.0. The third-order valence-electron chi connectivity index (χ3n) is 3.56. The van der Waals surface area contributed by atoms with Crippen LogP contribution in [0, 0.1) is 6.92 Å². The molecule has 3 aromatic rings. The Kier molecular flexibility index (Phi) is 5.40. The van der Waals surface area contributed by atoms with Crippen LogP contribution in [0.3, 0.4) is 0 Å². The molecule has 0 aliphatic heterocycles. The number of nitrogens with one attached hydrogen (secondary N) is 1. The van der Waals surface area contributed by atoms with Crippen molar-refractivity contribution >= 4 is 35.0 Å². The highest BCUT2D eigenvalue weighted by molar-refractivity contribution is 8.00. The number of benzene rings is 2. The highest BCUT2D eigenvalue weighted by atomic mass is 35.5. The van der Waals surface area contributed by atoms with Crippen LogP contribution in [0.5, 0.6) is 0 Å². The number of anilines is 1. The topological polar surface area (TPSA) is 68.0 Å². The quantitative estimate of drug-likeness (QED) is 0.649. The fraction of sp³-hybridized carbons (Fsp3) is 0.167. The number of carbonyl (C=O) groups excluding carboxylic acids is 1. The molecule has 0 saturated heterocycles. The maximum Gasteiger partial charge on any atom is 0.277 e. The summed E-state index contributed by atoms with van der Waals surface area (Å²) in [7, 11) is 0. The lowest BCUT2D eigenvalue weighted by Gasteiger charge is -2.10. The third kappa shape index (κ3) is 4.21. The smallest absolute Gasteiger partial charge is 0.277 e. The van der Waals surface area contributed by atoms with E-state index in [-0.39, 0.29) is 5.91 Å². The minimum Gasteiger partial charge on any atom is -0.411 e. The molecule has 2 aromatic carbocycles. The van der Waals surface area contributed by atoms with Crippen LogP contribution in [-0.4, -0.2) is 21.4 Å². The normalized spacial score (nSPS) is 12.0. The molecule has 0 aliphatic rings. The van der Waals surface area contributed by atoms with Crippen molar-refractivity contribution < 1.29 is 9.21 Å². The van der Waals surface area contributed by atoms with Crippen molar-refractivity contribution in [2.75, 3.05) is 5.32 Å². The van der Waals surface area contributed by atoms with Crippen LogP contribution in [0.15, 0.2) is 58.2 Å². The lowest BCUT2D eigenvalue weighted by atomic mass is 10.1. The van der Waals surface area contributed by atoms with Crippen molar-refractivity contribution in [3.8, 4) is 11.5 Å². The van der Waals surface area contributed by atoms with Gasteiger partial charge in [0.2, 0.25) is 11.8 Å². The van der Waals surface area contributed by atoms with Gasteiger partial charge in [0.1, 0.15) is 0 Å². The molecule has 0 bridgehead atoms. The Morgan fingerprint density at radius 1 is 1.16 bits per heavy atom. The number of halogens is 1. The monoisotopic (exact) mass is 373 g/mol. The van der Waals surface area contributed by atoms with E-state index in [1.54, 1.807) is 19.1 Å². The van der Waals surface area contributed by atoms with Crippen molar-refractivity contribution in [2.24, 2.45) is 0 Å². The molecule has 0 radical (unpaired) electrons. The SMILES string of the molecule is Cc1ccccc1-c1nnc(S[C@H](C)C(=O)Nc2ccccc2Cl)o1. The summed E-state index contributed by atoms with van der Waals surface area (Å²) >= 11 is 7.26. The number of hydrogen-bond donors (Lipinski definition) is 1. The number of thioether (sulfide) groups is 1. The van der Waals surface area contributed by atoms with Crippen molar-refractivity contribution in [3.63, 3.8) is 0 Å². The molecule has 0 aliphatic carbocycles. The van der Waals surface area contributed by atoms with E-state index in [4.69, 9.17) is 16.0 Å². The van der Waals surface area contributed by atoms with Gasteiger partial charge in [-0.05, 0) is 37.6 Å². The second-order valence-corrected chi connectivity index (χ2v) is 7.12. The Balaban J connectivity index is 1.67. The Morgan fingerprint density at radius 2 is 1.88 bits per heavy atom. The number of nitrogens with zero attached hydrogens (tertiary/aromatic N) is 2. The van der Waals surface area contributed by atoms with Crippen LogP contribution in [0.25, 0.3) is 11.5 Å². The van der Waals surface area contributed by atoms with Gasteiger partial charge < -0.3 is 9.73 Å². The molecule has 1 amide bonds. The Bertz CT molecular complexity index is 897. The summed E-state index contributed by atoms with van der Waals surface area (Å²) in [5.74, 6) is 0.257. The highest BCUT2D eigenvalue weighted by Crippen LogP contribution is 2.28. The third-order valence-corrected chi connectivity index (χ3v) is 4.82. The van der Waals surface area contributed by atoms with Crippen molar-refractivity contribution in [1.82, 2.24) is 10.2 Å². The van der Waals surface area contributed by atoms with Gasteiger partial charge in [-0.1, -0.05) is 53.7 Å². The van der Waals surface area contributed by atoms with E-state index in [9.17, 15) is 4.79 Å². The molecule has 0 fully saturated rings. The lowest BCUT2D eigenvalue weighted by Crippen LogP contribution is -2.22. The maximum atomic E-state index is 12.3. The number of carbonyl (C=O) groups is 1. The molecule has 0 unspecified atom stereocenters. The zero-order valence-corrected chi connectivity index (χ0v) is 15.3. The summed E-state index contributed by atoms with van der Waals surface area (Å²) in [6.45, 7) is 3.75. The molecule has 0 saturated carbocycles. The zero-order chi connectivity index (χ0) is 17.8. The molecular formula is C18H16ClN3O2S. The molecule has 1 atom stereocenters. The predicted molar refractivity (Wildman–Crippen MR) is 99.9 cm³/mol. The van der Waals surface area contributed by atoms with Crippen molar-refractivity contribution in [2.45, 2.75) is 24.3 Å². The maximum absolute atomic E-state index is 12.3. The number of rotatable bonds is 5. The molecule has 1 heterocycles. The molecule has 3 rings (SSSR count). The molecule has 1 aromatic heterocycles. The number of aryl methyl sites for hydroxylation is 1. The molecular weight excluding hydrogens is 358 g/mol. The largest absolute Gasteiger partial charge is 0.411 e. The first kappa shape index (κ1) is 17.5. The summed E-state index contributed by atoms with van der Waals surface area (Å²) in [5.41, 5.74) is 2.51. The Hall–Kier alpha value is -2.31. The van der Waals surface area contributed by atoms with E-state index in [0.717, 1.165) is 11.1 Å². The zero-order valence-electron chi connectivity index (χ0n) is 13.7. The van der Waals surface area contributed by atoms with Gasteiger partial charge in [-0.3, -0.25) is 4.79 Å². The summed E-state index contributed by atoms with van der Waals surface area (Å²) in [4.78, 5) is 12.3. The summed E-state index contributed by atoms with van der Waals surface area (Å²) in [6.07, 6.45) is 0. The van der Waals surface area contributed by atoms with Gasteiger partial charge in [0.05, 0.1) is 16.0 Å². The van der Waals surface area contributed by atoms with E-state index < -0.39 is 5.25 Å². The van der Waals surface area contributed by atoms with Crippen LogP contribution in [0.1, 0.15) is 12.5 Å². The summed E-state index contributed by atoms with van der Waals surface area (Å²) in [6, 6.07) is 14.9. The number of amides is 1. The fourth-order valence-electron chi connectivity index (χ4n) is 2.18. The molecule has 1 N–H and O–H groups in total. The van der Waals surface area contributed by atoms with E-state index >= 15 is 0 Å². The first-order valence-corrected chi connectivity index (χ1v) is 8.92. The molecule has 7 heteroatoms. The van der Waals surface area contributed by atoms with Gasteiger partial charge in [-0.25, -0.2) is 0 Å². The second kappa shape index (κ2) is 7.72. The van der Waals surface area contributed by atoms with E-state index in [0.29, 0.717) is 21.8 Å². The standard InChI is InChI=1S/C18H16ClN3O2S/c1-11-7-3-4-8-13(11)17-21-22-18(24-17)25-12(2)16(23)20-15-10-6-5-9-14(15)19/h3-10,12H,1-2H3,(H,20,23)/t12-/m1/s1. The minimum atomic E-state index is -0.415. The molecule has 25 heavy (non-hydrogen) atoms. The van der Waals surface area contributed by atoms with E-state index in [2.05, 4.69) is 15.5 Å². The van der Waals surface area contributed by atoms with E-state index in [1.165, 1.54) is 11.8 Å². The minimum absolute atomic E-state index is 0.186. The number of aromatic nitrogens is 2. The van der Waals surface area contributed by atoms with Crippen molar-refractivity contribution in [1.29, 1.82) is 0 Å². The van der Waals surface area contributed by atoms with Crippen LogP contribution in [-0.2, 0) is 4.79 Å². The van der Waals surface area contributed by atoms with Crippen LogP contribution in [0.4, 0.5) is 5.69 Å². The highest BCUT2D eigenvalue weighted by Gasteiger charge is 2.19.